The van der Waals surface area contributed by atoms with Crippen LogP contribution in [0.3, 0.4) is 0 Å². The first-order valence-electron chi connectivity index (χ1n) is 7.80. The van der Waals surface area contributed by atoms with E-state index in [1.54, 1.807) is 0 Å². The van der Waals surface area contributed by atoms with Gasteiger partial charge in [0.2, 0.25) is 0 Å². The van der Waals surface area contributed by atoms with Gasteiger partial charge in [0.1, 0.15) is 12.0 Å². The number of ether oxygens (including phenoxy) is 1. The lowest BCUT2D eigenvalue weighted by atomic mass is 10.1. The Bertz CT molecular complexity index is 299. The van der Waals surface area contributed by atoms with Crippen molar-refractivity contribution >= 4 is 0 Å². The number of unbranched alkanes of at least 4 members (excludes halogenated alkanes) is 7. The maximum Gasteiger partial charge on any atom is 0.147 e. The topological polar surface area (TPSA) is 35.2 Å². The first-order valence-corrected chi connectivity index (χ1v) is 7.80. The molecule has 0 saturated heterocycles. The summed E-state index contributed by atoms with van der Waals surface area (Å²) in [5.74, 6) is 0.870. The SMILES string of the molecule is CCCCCCCCCCC(N)Oc1ccccc1. The molecule has 1 aromatic rings. The van der Waals surface area contributed by atoms with Crippen molar-refractivity contribution in [2.75, 3.05) is 0 Å². The second-order valence-electron chi connectivity index (χ2n) is 5.23. The molecular formula is C17H29NO. The van der Waals surface area contributed by atoms with Crippen LogP contribution in [0.4, 0.5) is 0 Å². The van der Waals surface area contributed by atoms with E-state index in [4.69, 9.17) is 10.5 Å². The zero-order valence-corrected chi connectivity index (χ0v) is 12.3. The Labute approximate surface area is 118 Å². The molecule has 108 valence electrons. The van der Waals surface area contributed by atoms with Crippen LogP contribution in [0.15, 0.2) is 30.3 Å². The first-order chi connectivity index (χ1) is 9.33. The smallest absolute Gasteiger partial charge is 0.147 e. The summed E-state index contributed by atoms with van der Waals surface area (Å²) in [6.45, 7) is 2.26. The van der Waals surface area contributed by atoms with Gasteiger partial charge in [-0.1, -0.05) is 70.1 Å². The summed E-state index contributed by atoms with van der Waals surface area (Å²) in [4.78, 5) is 0. The molecule has 0 heterocycles. The average Bonchev–Trinajstić information content (AvgIpc) is 2.43. The van der Waals surface area contributed by atoms with Crippen LogP contribution in [-0.4, -0.2) is 6.23 Å². The van der Waals surface area contributed by atoms with Gasteiger partial charge in [-0.2, -0.15) is 0 Å². The van der Waals surface area contributed by atoms with Crippen molar-refractivity contribution in [1.29, 1.82) is 0 Å². The van der Waals surface area contributed by atoms with Crippen molar-refractivity contribution in [1.82, 2.24) is 0 Å². The van der Waals surface area contributed by atoms with Gasteiger partial charge in [-0.25, -0.2) is 0 Å². The number of hydrogen-bond acceptors (Lipinski definition) is 2. The van der Waals surface area contributed by atoms with Crippen molar-refractivity contribution in [2.24, 2.45) is 5.73 Å². The summed E-state index contributed by atoms with van der Waals surface area (Å²) in [6.07, 6.45) is 11.4. The Morgan fingerprint density at radius 3 is 2.11 bits per heavy atom. The van der Waals surface area contributed by atoms with Crippen molar-refractivity contribution in [3.8, 4) is 5.75 Å². The summed E-state index contributed by atoms with van der Waals surface area (Å²) in [5, 5.41) is 0. The van der Waals surface area contributed by atoms with Gasteiger partial charge in [0.25, 0.3) is 0 Å². The molecule has 1 rings (SSSR count). The molecule has 2 N–H and O–H groups in total. The van der Waals surface area contributed by atoms with Crippen LogP contribution in [-0.2, 0) is 0 Å². The first kappa shape index (κ1) is 16.0. The highest BCUT2D eigenvalue weighted by molar-refractivity contribution is 5.21. The van der Waals surface area contributed by atoms with E-state index in [-0.39, 0.29) is 6.23 Å². The van der Waals surface area contributed by atoms with Gasteiger partial charge in [0, 0.05) is 0 Å². The van der Waals surface area contributed by atoms with Crippen molar-refractivity contribution in [2.45, 2.75) is 70.9 Å². The Balaban J connectivity index is 1.94. The molecule has 0 aliphatic carbocycles. The van der Waals surface area contributed by atoms with E-state index in [1.807, 2.05) is 30.3 Å². The molecule has 1 atom stereocenters. The van der Waals surface area contributed by atoms with Crippen LogP contribution in [0.1, 0.15) is 64.7 Å². The highest BCUT2D eigenvalue weighted by Gasteiger charge is 2.03. The Morgan fingerprint density at radius 2 is 1.47 bits per heavy atom. The number of nitrogens with two attached hydrogens (primary N) is 1. The summed E-state index contributed by atoms with van der Waals surface area (Å²) >= 11 is 0. The highest BCUT2D eigenvalue weighted by atomic mass is 16.5. The van der Waals surface area contributed by atoms with Gasteiger partial charge >= 0.3 is 0 Å². The van der Waals surface area contributed by atoms with Gasteiger partial charge in [0.05, 0.1) is 0 Å². The lowest BCUT2D eigenvalue weighted by Gasteiger charge is -2.14. The third kappa shape index (κ3) is 8.66. The maximum atomic E-state index is 5.96. The molecule has 0 bridgehead atoms. The maximum absolute atomic E-state index is 5.96. The van der Waals surface area contributed by atoms with Gasteiger partial charge in [0.15, 0.2) is 0 Å². The molecule has 1 aromatic carbocycles. The van der Waals surface area contributed by atoms with E-state index < -0.39 is 0 Å². The van der Waals surface area contributed by atoms with Gasteiger partial charge in [-0.15, -0.1) is 0 Å². The molecule has 0 aromatic heterocycles. The van der Waals surface area contributed by atoms with Gasteiger partial charge in [-0.3, -0.25) is 5.73 Å². The van der Waals surface area contributed by atoms with Crippen LogP contribution in [0.2, 0.25) is 0 Å². The van der Waals surface area contributed by atoms with E-state index in [1.165, 1.54) is 51.4 Å². The Hall–Kier alpha value is -1.02. The summed E-state index contributed by atoms with van der Waals surface area (Å²) in [5.41, 5.74) is 5.96. The lowest BCUT2D eigenvalue weighted by molar-refractivity contribution is 0.194. The number of hydrogen-bond donors (Lipinski definition) is 1. The normalized spacial score (nSPS) is 12.3. The van der Waals surface area contributed by atoms with Crippen molar-refractivity contribution < 1.29 is 4.74 Å². The molecule has 0 aliphatic rings. The van der Waals surface area contributed by atoms with E-state index in [0.29, 0.717) is 0 Å². The lowest BCUT2D eigenvalue weighted by Crippen LogP contribution is -2.26. The largest absolute Gasteiger partial charge is 0.476 e. The monoisotopic (exact) mass is 263 g/mol. The fraction of sp³-hybridized carbons (Fsp3) is 0.647. The number of benzene rings is 1. The molecule has 0 aliphatic heterocycles. The number of rotatable bonds is 11. The van der Waals surface area contributed by atoms with E-state index >= 15 is 0 Å². The third-order valence-electron chi connectivity index (χ3n) is 3.37. The average molecular weight is 263 g/mol. The second kappa shape index (κ2) is 10.9. The van der Waals surface area contributed by atoms with Crippen LogP contribution < -0.4 is 10.5 Å². The van der Waals surface area contributed by atoms with Crippen molar-refractivity contribution in [3.05, 3.63) is 30.3 Å². The predicted octanol–water partition coefficient (Wildman–Crippen LogP) is 4.88. The molecule has 0 fully saturated rings. The van der Waals surface area contributed by atoms with Gasteiger partial charge < -0.3 is 4.74 Å². The molecule has 19 heavy (non-hydrogen) atoms. The molecule has 2 nitrogen and oxygen atoms in total. The quantitative estimate of drug-likeness (QED) is 0.456. The molecule has 1 unspecified atom stereocenters. The van der Waals surface area contributed by atoms with Crippen LogP contribution >= 0.6 is 0 Å². The highest BCUT2D eigenvalue weighted by Crippen LogP contribution is 2.13. The van der Waals surface area contributed by atoms with E-state index in [0.717, 1.165) is 12.2 Å². The molecule has 0 amide bonds. The Morgan fingerprint density at radius 1 is 0.895 bits per heavy atom. The molecule has 0 spiro atoms. The third-order valence-corrected chi connectivity index (χ3v) is 3.37. The minimum atomic E-state index is -0.164. The second-order valence-corrected chi connectivity index (χ2v) is 5.23. The number of para-hydroxylation sites is 1. The molecule has 0 radical (unpaired) electrons. The molecule has 2 heteroatoms. The van der Waals surface area contributed by atoms with Crippen LogP contribution in [0, 0.1) is 0 Å². The molecule has 0 saturated carbocycles. The van der Waals surface area contributed by atoms with Crippen molar-refractivity contribution in [3.63, 3.8) is 0 Å². The minimum Gasteiger partial charge on any atom is -0.476 e. The molecular weight excluding hydrogens is 234 g/mol. The predicted molar refractivity (Wildman–Crippen MR) is 82.3 cm³/mol. The summed E-state index contributed by atoms with van der Waals surface area (Å²) < 4.78 is 5.65. The van der Waals surface area contributed by atoms with Crippen LogP contribution in [0.25, 0.3) is 0 Å². The minimum absolute atomic E-state index is 0.164. The standard InChI is InChI=1S/C17H29NO/c1-2-3-4-5-6-7-8-12-15-17(18)19-16-13-10-9-11-14-16/h9-11,13-14,17H,2-8,12,15,18H2,1H3. The fourth-order valence-corrected chi connectivity index (χ4v) is 2.21. The summed E-state index contributed by atoms with van der Waals surface area (Å²) in [7, 11) is 0. The zero-order chi connectivity index (χ0) is 13.8. The van der Waals surface area contributed by atoms with E-state index in [9.17, 15) is 0 Å². The van der Waals surface area contributed by atoms with E-state index in [2.05, 4.69) is 6.92 Å². The summed E-state index contributed by atoms with van der Waals surface area (Å²) in [6, 6.07) is 9.83. The van der Waals surface area contributed by atoms with Gasteiger partial charge in [-0.05, 0) is 25.0 Å². The Kier molecular flexibility index (Phi) is 9.17. The fourth-order valence-electron chi connectivity index (χ4n) is 2.21. The van der Waals surface area contributed by atoms with Crippen LogP contribution in [0.5, 0.6) is 5.75 Å². The zero-order valence-electron chi connectivity index (χ0n) is 12.3.